The maximum atomic E-state index is 13.5. The monoisotopic (exact) mass is 260 g/mol. The largest absolute Gasteiger partial charge is 0.480 e. The van der Waals surface area contributed by atoms with Crippen LogP contribution in [0, 0.1) is 18.2 Å². The Morgan fingerprint density at radius 1 is 1.47 bits per heavy atom. The van der Waals surface area contributed by atoms with Crippen molar-refractivity contribution in [3.63, 3.8) is 0 Å². The molecule has 0 aromatic heterocycles. The molecule has 1 aromatic rings. The summed E-state index contributed by atoms with van der Waals surface area (Å²) in [6, 6.07) is 2.82. The summed E-state index contributed by atoms with van der Waals surface area (Å²) in [7, 11) is 0. The van der Waals surface area contributed by atoms with Gasteiger partial charge in [0.1, 0.15) is 11.9 Å². The van der Waals surface area contributed by atoms with Crippen LogP contribution in [-0.2, 0) is 4.79 Å². The summed E-state index contributed by atoms with van der Waals surface area (Å²) in [6.07, 6.45) is 7.89. The van der Waals surface area contributed by atoms with Gasteiger partial charge in [0.05, 0.1) is 5.56 Å². The molecule has 1 aliphatic rings. The highest BCUT2D eigenvalue weighted by Gasteiger charge is 2.34. The molecule has 97 valence electrons. The summed E-state index contributed by atoms with van der Waals surface area (Å²) in [5.74, 6) is -0.347. The quantitative estimate of drug-likeness (QED) is 0.819. The zero-order valence-corrected chi connectivity index (χ0v) is 10.0. The van der Waals surface area contributed by atoms with Gasteiger partial charge in [-0.1, -0.05) is 0 Å². The van der Waals surface area contributed by atoms with Crippen molar-refractivity contribution in [1.29, 1.82) is 0 Å². The molecular formula is C14H11FNO3. The minimum atomic E-state index is -1.05. The molecule has 1 amide bonds. The maximum absolute atomic E-state index is 13.5. The fraction of sp³-hybridized carbons (Fsp3) is 0.286. The molecular weight excluding hydrogens is 249 g/mol. The van der Waals surface area contributed by atoms with Crippen LogP contribution in [0.15, 0.2) is 18.2 Å². The van der Waals surface area contributed by atoms with Crippen LogP contribution in [0.3, 0.4) is 0 Å². The van der Waals surface area contributed by atoms with Gasteiger partial charge in [0, 0.05) is 12.1 Å². The Morgan fingerprint density at radius 3 is 2.79 bits per heavy atom. The van der Waals surface area contributed by atoms with Gasteiger partial charge in [-0.05, 0) is 43.4 Å². The number of halogens is 1. The van der Waals surface area contributed by atoms with Gasteiger partial charge in [-0.25, -0.2) is 9.18 Å². The normalized spacial score (nSPS) is 18.1. The SMILES string of the molecule is [C]#Cc1ccc(C(=O)N2CCCC2C(=O)O)cc1F. The van der Waals surface area contributed by atoms with Crippen LogP contribution in [-0.4, -0.2) is 34.5 Å². The van der Waals surface area contributed by atoms with Crippen molar-refractivity contribution in [2.45, 2.75) is 18.9 Å². The Morgan fingerprint density at radius 2 is 2.21 bits per heavy atom. The van der Waals surface area contributed by atoms with E-state index in [0.717, 1.165) is 6.07 Å². The van der Waals surface area contributed by atoms with Crippen molar-refractivity contribution in [3.8, 4) is 5.92 Å². The third-order valence-electron chi connectivity index (χ3n) is 3.15. The van der Waals surface area contributed by atoms with Crippen molar-refractivity contribution in [1.82, 2.24) is 4.90 Å². The van der Waals surface area contributed by atoms with Crippen molar-refractivity contribution in [2.75, 3.05) is 6.54 Å². The fourth-order valence-electron chi connectivity index (χ4n) is 2.18. The molecule has 0 bridgehead atoms. The van der Waals surface area contributed by atoms with E-state index in [9.17, 15) is 14.0 Å². The molecule has 1 N–H and O–H groups in total. The number of nitrogens with zero attached hydrogens (tertiary/aromatic N) is 1. The van der Waals surface area contributed by atoms with Gasteiger partial charge in [-0.3, -0.25) is 4.79 Å². The number of carbonyl (C=O) groups is 2. The van der Waals surface area contributed by atoms with E-state index < -0.39 is 23.7 Å². The third-order valence-corrected chi connectivity index (χ3v) is 3.15. The van der Waals surface area contributed by atoms with E-state index in [1.54, 1.807) is 0 Å². The Kier molecular flexibility index (Phi) is 3.52. The van der Waals surface area contributed by atoms with Gasteiger partial charge in [-0.2, -0.15) is 0 Å². The molecule has 1 saturated heterocycles. The molecule has 4 nitrogen and oxygen atoms in total. The molecule has 19 heavy (non-hydrogen) atoms. The predicted octanol–water partition coefficient (Wildman–Crippen LogP) is 1.45. The van der Waals surface area contributed by atoms with E-state index in [4.69, 9.17) is 11.5 Å². The molecule has 1 aliphatic heterocycles. The Hall–Kier alpha value is -2.35. The molecule has 0 spiro atoms. The lowest BCUT2D eigenvalue weighted by molar-refractivity contribution is -0.141. The van der Waals surface area contributed by atoms with E-state index in [1.165, 1.54) is 17.0 Å². The van der Waals surface area contributed by atoms with E-state index >= 15 is 0 Å². The first kappa shape index (κ1) is 13.1. The number of rotatable bonds is 2. The van der Waals surface area contributed by atoms with Gasteiger partial charge in [-0.15, -0.1) is 0 Å². The number of likely N-dealkylation sites (tertiary alicyclic amines) is 1. The third kappa shape index (κ3) is 2.43. The van der Waals surface area contributed by atoms with Crippen molar-refractivity contribution in [2.24, 2.45) is 0 Å². The van der Waals surface area contributed by atoms with Gasteiger partial charge < -0.3 is 10.0 Å². The Labute approximate surface area is 109 Å². The molecule has 2 rings (SSSR count). The predicted molar refractivity (Wildman–Crippen MR) is 64.3 cm³/mol. The van der Waals surface area contributed by atoms with Crippen LogP contribution in [0.25, 0.3) is 0 Å². The zero-order chi connectivity index (χ0) is 14.0. The molecule has 5 heteroatoms. The zero-order valence-electron chi connectivity index (χ0n) is 10.0. The summed E-state index contributed by atoms with van der Waals surface area (Å²) >= 11 is 0. The highest BCUT2D eigenvalue weighted by molar-refractivity contribution is 5.97. The molecule has 1 heterocycles. The van der Waals surface area contributed by atoms with Gasteiger partial charge in [0.2, 0.25) is 0 Å². The van der Waals surface area contributed by atoms with E-state index in [2.05, 4.69) is 0 Å². The summed E-state index contributed by atoms with van der Waals surface area (Å²) in [6.45, 7) is 0.357. The second kappa shape index (κ2) is 5.11. The fourth-order valence-corrected chi connectivity index (χ4v) is 2.18. The highest BCUT2D eigenvalue weighted by Crippen LogP contribution is 2.21. The van der Waals surface area contributed by atoms with Crippen LogP contribution in [0.5, 0.6) is 0 Å². The number of aliphatic carboxylic acids is 1. The summed E-state index contributed by atoms with van der Waals surface area (Å²) < 4.78 is 13.5. The second-order valence-electron chi connectivity index (χ2n) is 4.31. The summed E-state index contributed by atoms with van der Waals surface area (Å²) in [4.78, 5) is 24.4. The summed E-state index contributed by atoms with van der Waals surface area (Å²) in [5, 5.41) is 9.01. The standard InChI is InChI=1S/C14H11FNO3/c1-2-9-5-6-10(8-11(9)15)13(17)16-7-3-4-12(16)14(18)19/h5-6,8,12H,3-4,7H2,(H,18,19). The molecule has 0 aliphatic carbocycles. The lowest BCUT2D eigenvalue weighted by Crippen LogP contribution is -2.40. The molecule has 1 aromatic carbocycles. The van der Waals surface area contributed by atoms with Crippen LogP contribution < -0.4 is 0 Å². The van der Waals surface area contributed by atoms with Crippen LogP contribution >= 0.6 is 0 Å². The second-order valence-corrected chi connectivity index (χ2v) is 4.31. The number of carboxylic acids is 1. The van der Waals surface area contributed by atoms with Gasteiger partial charge in [0.15, 0.2) is 0 Å². The van der Waals surface area contributed by atoms with Crippen molar-refractivity contribution < 1.29 is 19.1 Å². The number of hydrogen-bond acceptors (Lipinski definition) is 2. The van der Waals surface area contributed by atoms with E-state index in [0.29, 0.717) is 19.4 Å². The van der Waals surface area contributed by atoms with Crippen molar-refractivity contribution >= 4 is 11.9 Å². The lowest BCUT2D eigenvalue weighted by atomic mass is 10.1. The van der Waals surface area contributed by atoms with E-state index in [1.807, 2.05) is 5.92 Å². The topological polar surface area (TPSA) is 57.6 Å². The number of amides is 1. The summed E-state index contributed by atoms with van der Waals surface area (Å²) in [5.41, 5.74) is 0.0532. The number of carbonyl (C=O) groups excluding carboxylic acids is 1. The minimum absolute atomic E-state index is 0.0345. The van der Waals surface area contributed by atoms with Crippen LogP contribution in [0.4, 0.5) is 4.39 Å². The van der Waals surface area contributed by atoms with E-state index in [-0.39, 0.29) is 11.1 Å². The molecule has 0 saturated carbocycles. The smallest absolute Gasteiger partial charge is 0.326 e. The first-order valence-corrected chi connectivity index (χ1v) is 5.80. The molecule has 1 atom stereocenters. The molecule has 1 fully saturated rings. The number of benzene rings is 1. The lowest BCUT2D eigenvalue weighted by Gasteiger charge is -2.21. The Balaban J connectivity index is 2.27. The molecule has 1 unspecified atom stereocenters. The average molecular weight is 260 g/mol. The minimum Gasteiger partial charge on any atom is -0.480 e. The number of carboxylic acid groups (broad SMARTS) is 1. The Bertz CT molecular complexity index is 577. The maximum Gasteiger partial charge on any atom is 0.326 e. The van der Waals surface area contributed by atoms with Crippen LogP contribution in [0.1, 0.15) is 28.8 Å². The highest BCUT2D eigenvalue weighted by atomic mass is 19.1. The first-order valence-electron chi connectivity index (χ1n) is 5.80. The first-order chi connectivity index (χ1) is 9.04. The van der Waals surface area contributed by atoms with Crippen LogP contribution in [0.2, 0.25) is 0 Å². The number of hydrogen-bond donors (Lipinski definition) is 1. The van der Waals surface area contributed by atoms with Gasteiger partial charge >= 0.3 is 5.97 Å². The van der Waals surface area contributed by atoms with Gasteiger partial charge in [0.25, 0.3) is 5.91 Å². The average Bonchev–Trinajstić information content (AvgIpc) is 2.87. The molecule has 1 radical (unpaired) electrons. The van der Waals surface area contributed by atoms with Crippen molar-refractivity contribution in [3.05, 3.63) is 41.6 Å².